The van der Waals surface area contributed by atoms with E-state index in [0.29, 0.717) is 13.0 Å². The minimum absolute atomic E-state index is 0.142. The highest BCUT2D eigenvalue weighted by Crippen LogP contribution is 2.18. The number of nitrogens with zero attached hydrogens (tertiary/aromatic N) is 1. The Hall–Kier alpha value is -1.72. The lowest BCUT2D eigenvalue weighted by molar-refractivity contribution is 0.153. The van der Waals surface area contributed by atoms with Gasteiger partial charge in [-0.25, -0.2) is 4.39 Å². The average Bonchev–Trinajstić information content (AvgIpc) is 2.90. The second kappa shape index (κ2) is 6.45. The van der Waals surface area contributed by atoms with Gasteiger partial charge in [0.05, 0.1) is 6.10 Å². The molecule has 3 N–H and O–H groups in total. The number of hydrogen-bond acceptors (Lipinski definition) is 3. The molecule has 0 saturated carbocycles. The number of benzene rings is 1. The van der Waals surface area contributed by atoms with Gasteiger partial charge in [0, 0.05) is 24.5 Å². The third-order valence-corrected chi connectivity index (χ3v) is 3.03. The van der Waals surface area contributed by atoms with E-state index in [2.05, 4.69) is 15.5 Å². The van der Waals surface area contributed by atoms with Crippen LogP contribution in [0.4, 0.5) is 4.39 Å². The van der Waals surface area contributed by atoms with E-state index in [1.165, 1.54) is 12.1 Å². The van der Waals surface area contributed by atoms with Crippen LogP contribution < -0.4 is 5.32 Å². The van der Waals surface area contributed by atoms with Gasteiger partial charge in [0.2, 0.25) is 0 Å². The topological polar surface area (TPSA) is 60.9 Å². The number of aliphatic hydroxyl groups excluding tert-OH is 1. The lowest BCUT2D eigenvalue weighted by Gasteiger charge is -2.17. The molecule has 4 nitrogen and oxygen atoms in total. The van der Waals surface area contributed by atoms with Crippen LogP contribution in [-0.4, -0.2) is 21.3 Å². The van der Waals surface area contributed by atoms with Crippen molar-refractivity contribution in [2.75, 3.05) is 0 Å². The van der Waals surface area contributed by atoms with Crippen molar-refractivity contribution in [3.8, 4) is 0 Å². The molecule has 0 saturated heterocycles. The molecule has 1 aromatic carbocycles. The number of aromatic amines is 1. The summed E-state index contributed by atoms with van der Waals surface area (Å²) in [6, 6.07) is 7.99. The SMILES string of the molecule is CC(CC(O)c1ccc(F)cc1)NCc1ccn[nH]1. The largest absolute Gasteiger partial charge is 0.388 e. The van der Waals surface area contributed by atoms with E-state index in [-0.39, 0.29) is 11.9 Å². The first-order chi connectivity index (χ1) is 9.15. The van der Waals surface area contributed by atoms with Crippen molar-refractivity contribution in [3.63, 3.8) is 0 Å². The summed E-state index contributed by atoms with van der Waals surface area (Å²) in [7, 11) is 0. The lowest BCUT2D eigenvalue weighted by Crippen LogP contribution is -2.27. The Bertz CT molecular complexity index is 484. The summed E-state index contributed by atoms with van der Waals surface area (Å²) in [5.41, 5.74) is 1.74. The van der Waals surface area contributed by atoms with E-state index in [0.717, 1.165) is 11.3 Å². The molecule has 0 aliphatic carbocycles. The second-order valence-corrected chi connectivity index (χ2v) is 4.67. The predicted octanol–water partition coefficient (Wildman–Crippen LogP) is 2.15. The van der Waals surface area contributed by atoms with Crippen molar-refractivity contribution in [2.45, 2.75) is 32.0 Å². The van der Waals surface area contributed by atoms with Gasteiger partial charge in [-0.1, -0.05) is 12.1 Å². The standard InChI is InChI=1S/C14H18FN3O/c1-10(16-9-13-6-7-17-18-13)8-14(19)11-2-4-12(15)5-3-11/h2-7,10,14,16,19H,8-9H2,1H3,(H,17,18). The van der Waals surface area contributed by atoms with E-state index in [1.807, 2.05) is 13.0 Å². The summed E-state index contributed by atoms with van der Waals surface area (Å²) in [5.74, 6) is -0.290. The molecule has 0 aliphatic rings. The lowest BCUT2D eigenvalue weighted by atomic mass is 10.0. The molecule has 2 rings (SSSR count). The van der Waals surface area contributed by atoms with Crippen LogP contribution in [0.2, 0.25) is 0 Å². The molecule has 0 radical (unpaired) electrons. The zero-order valence-corrected chi connectivity index (χ0v) is 10.8. The van der Waals surface area contributed by atoms with Crippen molar-refractivity contribution in [3.05, 3.63) is 53.6 Å². The third-order valence-electron chi connectivity index (χ3n) is 3.03. The summed E-state index contributed by atoms with van der Waals surface area (Å²) in [5, 5.41) is 20.1. The van der Waals surface area contributed by atoms with Crippen LogP contribution >= 0.6 is 0 Å². The Labute approximate surface area is 111 Å². The number of rotatable bonds is 6. The van der Waals surface area contributed by atoms with E-state index in [4.69, 9.17) is 0 Å². The van der Waals surface area contributed by atoms with Gasteiger partial charge in [0.15, 0.2) is 0 Å². The molecule has 1 heterocycles. The molecule has 0 aliphatic heterocycles. The molecule has 2 aromatic rings. The minimum atomic E-state index is -0.593. The molecule has 2 unspecified atom stereocenters. The molecule has 0 amide bonds. The monoisotopic (exact) mass is 263 g/mol. The molecular weight excluding hydrogens is 245 g/mol. The van der Waals surface area contributed by atoms with Crippen LogP contribution in [0.1, 0.15) is 30.7 Å². The number of aliphatic hydroxyl groups is 1. The van der Waals surface area contributed by atoms with Gasteiger partial charge in [0.25, 0.3) is 0 Å². The molecule has 19 heavy (non-hydrogen) atoms. The number of nitrogens with one attached hydrogen (secondary N) is 2. The fourth-order valence-corrected chi connectivity index (χ4v) is 1.91. The Kier molecular flexibility index (Phi) is 4.65. The average molecular weight is 263 g/mol. The fourth-order valence-electron chi connectivity index (χ4n) is 1.91. The predicted molar refractivity (Wildman–Crippen MR) is 70.9 cm³/mol. The quantitative estimate of drug-likeness (QED) is 0.748. The molecule has 0 fully saturated rings. The molecule has 0 bridgehead atoms. The first-order valence-corrected chi connectivity index (χ1v) is 6.30. The minimum Gasteiger partial charge on any atom is -0.388 e. The molecule has 1 aromatic heterocycles. The summed E-state index contributed by atoms with van der Waals surface area (Å²) < 4.78 is 12.8. The number of halogens is 1. The van der Waals surface area contributed by atoms with Crippen molar-refractivity contribution in [2.24, 2.45) is 0 Å². The molecule has 2 atom stereocenters. The molecular formula is C14H18FN3O. The first-order valence-electron chi connectivity index (χ1n) is 6.30. The van der Waals surface area contributed by atoms with Gasteiger partial charge in [-0.05, 0) is 37.1 Å². The summed E-state index contributed by atoms with van der Waals surface area (Å²) in [4.78, 5) is 0. The van der Waals surface area contributed by atoms with Crippen LogP contribution in [0.5, 0.6) is 0 Å². The number of hydrogen-bond donors (Lipinski definition) is 3. The first kappa shape index (κ1) is 13.7. The van der Waals surface area contributed by atoms with Crippen molar-refractivity contribution < 1.29 is 9.50 Å². The Balaban J connectivity index is 1.81. The molecule has 0 spiro atoms. The maximum atomic E-state index is 12.8. The third kappa shape index (κ3) is 4.15. The molecule has 5 heteroatoms. The van der Waals surface area contributed by atoms with Crippen LogP contribution in [0.25, 0.3) is 0 Å². The van der Waals surface area contributed by atoms with E-state index in [1.54, 1.807) is 18.3 Å². The van der Waals surface area contributed by atoms with Crippen LogP contribution in [0, 0.1) is 5.82 Å². The Morgan fingerprint density at radius 1 is 1.32 bits per heavy atom. The molecule has 102 valence electrons. The fraction of sp³-hybridized carbons (Fsp3) is 0.357. The summed E-state index contributed by atoms with van der Waals surface area (Å²) in [6.45, 7) is 2.68. The van der Waals surface area contributed by atoms with Crippen LogP contribution in [-0.2, 0) is 6.54 Å². The van der Waals surface area contributed by atoms with Gasteiger partial charge >= 0.3 is 0 Å². The van der Waals surface area contributed by atoms with Crippen molar-refractivity contribution in [1.82, 2.24) is 15.5 Å². The van der Waals surface area contributed by atoms with E-state index in [9.17, 15) is 9.50 Å². The van der Waals surface area contributed by atoms with Crippen molar-refractivity contribution in [1.29, 1.82) is 0 Å². The van der Waals surface area contributed by atoms with Crippen molar-refractivity contribution >= 4 is 0 Å². The Morgan fingerprint density at radius 3 is 2.68 bits per heavy atom. The van der Waals surface area contributed by atoms with Gasteiger partial charge in [0.1, 0.15) is 5.82 Å². The van der Waals surface area contributed by atoms with E-state index < -0.39 is 6.10 Å². The highest BCUT2D eigenvalue weighted by Gasteiger charge is 2.12. The second-order valence-electron chi connectivity index (χ2n) is 4.67. The van der Waals surface area contributed by atoms with Gasteiger partial charge in [-0.2, -0.15) is 5.10 Å². The zero-order valence-electron chi connectivity index (χ0n) is 10.8. The zero-order chi connectivity index (χ0) is 13.7. The highest BCUT2D eigenvalue weighted by atomic mass is 19.1. The van der Waals surface area contributed by atoms with E-state index >= 15 is 0 Å². The maximum Gasteiger partial charge on any atom is 0.123 e. The van der Waals surface area contributed by atoms with Gasteiger partial charge < -0.3 is 10.4 Å². The normalized spacial score (nSPS) is 14.3. The Morgan fingerprint density at radius 2 is 2.05 bits per heavy atom. The maximum absolute atomic E-state index is 12.8. The summed E-state index contributed by atoms with van der Waals surface area (Å²) >= 11 is 0. The number of H-pyrrole nitrogens is 1. The van der Waals surface area contributed by atoms with Gasteiger partial charge in [-0.15, -0.1) is 0 Å². The highest BCUT2D eigenvalue weighted by molar-refractivity contribution is 5.18. The smallest absolute Gasteiger partial charge is 0.123 e. The summed E-state index contributed by atoms with van der Waals surface area (Å²) in [6.07, 6.45) is 1.68. The van der Waals surface area contributed by atoms with Crippen LogP contribution in [0.15, 0.2) is 36.5 Å². The number of aromatic nitrogens is 2. The van der Waals surface area contributed by atoms with Crippen LogP contribution in [0.3, 0.4) is 0 Å². The van der Waals surface area contributed by atoms with Gasteiger partial charge in [-0.3, -0.25) is 5.10 Å².